The predicted octanol–water partition coefficient (Wildman–Crippen LogP) is 4.51. The topological polar surface area (TPSA) is 66.8 Å². The summed E-state index contributed by atoms with van der Waals surface area (Å²) in [7, 11) is 0. The Morgan fingerprint density at radius 3 is 2.43 bits per heavy atom. The van der Waals surface area contributed by atoms with Crippen LogP contribution in [0.1, 0.15) is 56.1 Å². The molecule has 1 rings (SSSR count). The summed E-state index contributed by atoms with van der Waals surface area (Å²) in [5.74, 6) is -0.995. The van der Waals surface area contributed by atoms with Crippen LogP contribution in [0.15, 0.2) is 24.3 Å². The molecule has 0 aliphatic heterocycles. The van der Waals surface area contributed by atoms with Gasteiger partial charge in [0, 0.05) is 11.0 Å². The van der Waals surface area contributed by atoms with E-state index in [0.29, 0.717) is 12.1 Å². The Kier molecular flexibility index (Phi) is 7.31. The van der Waals surface area contributed by atoms with Crippen LogP contribution in [0.25, 0.3) is 0 Å². The number of rotatable bonds is 6. The fraction of sp³-hybridized carbons (Fsp3) is 0.529. The minimum atomic E-state index is -0.995. The van der Waals surface area contributed by atoms with Crippen LogP contribution < -0.4 is 0 Å². The van der Waals surface area contributed by atoms with Gasteiger partial charge in [-0.05, 0) is 45.7 Å². The van der Waals surface area contributed by atoms with Crippen LogP contribution in [0.5, 0.6) is 0 Å². The predicted molar refractivity (Wildman–Crippen MR) is 98.3 cm³/mol. The Balaban J connectivity index is 3.11. The molecule has 0 saturated heterocycles. The first-order valence-electron chi connectivity index (χ1n) is 7.55. The fourth-order valence-electron chi connectivity index (χ4n) is 2.22. The SMILES string of the molecule is CC(c1ccccc1C(=O)O)N(CCCI)C(=O)OC(C)(C)C. The van der Waals surface area contributed by atoms with Crippen molar-refractivity contribution in [1.82, 2.24) is 4.90 Å². The summed E-state index contributed by atoms with van der Waals surface area (Å²) in [6, 6.07) is 6.39. The number of hydrogen-bond donors (Lipinski definition) is 1. The van der Waals surface area contributed by atoms with Crippen molar-refractivity contribution in [3.05, 3.63) is 35.4 Å². The van der Waals surface area contributed by atoms with E-state index in [-0.39, 0.29) is 11.6 Å². The Labute approximate surface area is 151 Å². The number of aromatic carboxylic acids is 1. The number of carboxylic acids is 1. The second kappa shape index (κ2) is 8.52. The van der Waals surface area contributed by atoms with Crippen molar-refractivity contribution >= 4 is 34.7 Å². The summed E-state index contributed by atoms with van der Waals surface area (Å²) in [5.41, 5.74) is 0.230. The molecule has 0 fully saturated rings. The van der Waals surface area contributed by atoms with E-state index in [1.807, 2.05) is 27.7 Å². The van der Waals surface area contributed by atoms with Gasteiger partial charge in [-0.25, -0.2) is 9.59 Å². The zero-order chi connectivity index (χ0) is 17.6. The zero-order valence-electron chi connectivity index (χ0n) is 14.0. The van der Waals surface area contributed by atoms with Gasteiger partial charge in [-0.1, -0.05) is 40.8 Å². The largest absolute Gasteiger partial charge is 0.478 e. The quantitative estimate of drug-likeness (QED) is 0.530. The highest BCUT2D eigenvalue weighted by molar-refractivity contribution is 14.1. The van der Waals surface area contributed by atoms with Crippen LogP contribution in [0.3, 0.4) is 0 Å². The van der Waals surface area contributed by atoms with E-state index in [1.165, 1.54) is 0 Å². The van der Waals surface area contributed by atoms with Crippen molar-refractivity contribution in [3.8, 4) is 0 Å². The number of hydrogen-bond acceptors (Lipinski definition) is 3. The van der Waals surface area contributed by atoms with Gasteiger partial charge < -0.3 is 14.7 Å². The minimum Gasteiger partial charge on any atom is -0.478 e. The smallest absolute Gasteiger partial charge is 0.410 e. The number of halogens is 1. The average molecular weight is 433 g/mol. The molecular weight excluding hydrogens is 409 g/mol. The first-order chi connectivity index (χ1) is 10.7. The van der Waals surface area contributed by atoms with Crippen molar-refractivity contribution in [2.75, 3.05) is 11.0 Å². The van der Waals surface area contributed by atoms with Gasteiger partial charge in [0.2, 0.25) is 0 Å². The lowest BCUT2D eigenvalue weighted by Gasteiger charge is -2.32. The van der Waals surface area contributed by atoms with Gasteiger partial charge in [-0.15, -0.1) is 0 Å². The Hall–Kier alpha value is -1.31. The van der Waals surface area contributed by atoms with Gasteiger partial charge in [-0.2, -0.15) is 0 Å². The Morgan fingerprint density at radius 1 is 1.30 bits per heavy atom. The van der Waals surface area contributed by atoms with Crippen LogP contribution in [0.4, 0.5) is 4.79 Å². The Morgan fingerprint density at radius 2 is 1.91 bits per heavy atom. The molecule has 0 aliphatic carbocycles. The van der Waals surface area contributed by atoms with E-state index in [9.17, 15) is 14.7 Å². The monoisotopic (exact) mass is 433 g/mol. The van der Waals surface area contributed by atoms with E-state index in [1.54, 1.807) is 29.2 Å². The van der Waals surface area contributed by atoms with Crippen LogP contribution in [0.2, 0.25) is 0 Å². The molecule has 0 radical (unpaired) electrons. The number of carbonyl (C=O) groups excluding carboxylic acids is 1. The highest BCUT2D eigenvalue weighted by atomic mass is 127. The van der Waals surface area contributed by atoms with Gasteiger partial charge in [-0.3, -0.25) is 0 Å². The molecule has 0 aliphatic rings. The summed E-state index contributed by atoms with van der Waals surface area (Å²) in [4.78, 5) is 25.5. The molecule has 1 aromatic rings. The summed E-state index contributed by atoms with van der Waals surface area (Å²) in [6.07, 6.45) is 0.398. The normalized spacial score (nSPS) is 12.6. The van der Waals surface area contributed by atoms with Crippen LogP contribution in [0, 0.1) is 0 Å². The highest BCUT2D eigenvalue weighted by Crippen LogP contribution is 2.26. The fourth-order valence-corrected chi connectivity index (χ4v) is 2.56. The van der Waals surface area contributed by atoms with Crippen molar-refractivity contribution < 1.29 is 19.4 Å². The molecule has 0 heterocycles. The van der Waals surface area contributed by atoms with Crippen molar-refractivity contribution in [3.63, 3.8) is 0 Å². The van der Waals surface area contributed by atoms with E-state index >= 15 is 0 Å². The summed E-state index contributed by atoms with van der Waals surface area (Å²) >= 11 is 2.25. The molecule has 0 saturated carbocycles. The van der Waals surface area contributed by atoms with Crippen molar-refractivity contribution in [2.24, 2.45) is 0 Å². The third-order valence-electron chi connectivity index (χ3n) is 3.27. The van der Waals surface area contributed by atoms with Crippen molar-refractivity contribution in [1.29, 1.82) is 0 Å². The lowest BCUT2D eigenvalue weighted by Crippen LogP contribution is -2.39. The van der Waals surface area contributed by atoms with Crippen LogP contribution >= 0.6 is 22.6 Å². The number of alkyl halides is 1. The standard InChI is InChI=1S/C17H24INO4/c1-12(13-8-5-6-9-14(13)15(20)21)19(11-7-10-18)16(22)23-17(2,3)4/h5-6,8-9,12H,7,10-11H2,1-4H3,(H,20,21). The Bertz CT molecular complexity index is 554. The van der Waals surface area contributed by atoms with Gasteiger partial charge >= 0.3 is 12.1 Å². The van der Waals surface area contributed by atoms with Crippen molar-refractivity contribution in [2.45, 2.75) is 45.8 Å². The van der Waals surface area contributed by atoms with Gasteiger partial charge in [0.05, 0.1) is 11.6 Å². The molecule has 1 atom stereocenters. The summed E-state index contributed by atoms with van der Waals surface area (Å²) < 4.78 is 6.38. The lowest BCUT2D eigenvalue weighted by atomic mass is 10.0. The maximum Gasteiger partial charge on any atom is 0.410 e. The number of carboxylic acid groups (broad SMARTS) is 1. The van der Waals surface area contributed by atoms with Crippen LogP contribution in [-0.4, -0.2) is 38.6 Å². The third kappa shape index (κ3) is 6.01. The highest BCUT2D eigenvalue weighted by Gasteiger charge is 2.28. The molecule has 1 aromatic carbocycles. The first-order valence-corrected chi connectivity index (χ1v) is 9.07. The molecular formula is C17H24INO4. The maximum atomic E-state index is 12.5. The molecule has 0 bridgehead atoms. The molecule has 128 valence electrons. The zero-order valence-corrected chi connectivity index (χ0v) is 16.2. The number of amides is 1. The molecule has 1 amide bonds. The minimum absolute atomic E-state index is 0.211. The summed E-state index contributed by atoms with van der Waals surface area (Å²) in [5, 5.41) is 9.36. The number of carbonyl (C=O) groups is 2. The number of ether oxygens (including phenoxy) is 1. The van der Waals surface area contributed by atoms with Crippen LogP contribution in [-0.2, 0) is 4.74 Å². The van der Waals surface area contributed by atoms with Gasteiger partial charge in [0.25, 0.3) is 0 Å². The second-order valence-electron chi connectivity index (χ2n) is 6.28. The molecule has 5 nitrogen and oxygen atoms in total. The van der Waals surface area contributed by atoms with E-state index in [2.05, 4.69) is 22.6 Å². The second-order valence-corrected chi connectivity index (χ2v) is 7.36. The van der Waals surface area contributed by atoms with E-state index < -0.39 is 17.7 Å². The van der Waals surface area contributed by atoms with E-state index in [4.69, 9.17) is 4.74 Å². The molecule has 0 spiro atoms. The molecule has 0 aromatic heterocycles. The first kappa shape index (κ1) is 19.7. The molecule has 1 N–H and O–H groups in total. The lowest BCUT2D eigenvalue weighted by molar-refractivity contribution is 0.0172. The maximum absolute atomic E-state index is 12.5. The average Bonchev–Trinajstić information content (AvgIpc) is 2.45. The van der Waals surface area contributed by atoms with Gasteiger partial charge in [0.1, 0.15) is 5.60 Å². The van der Waals surface area contributed by atoms with Gasteiger partial charge in [0.15, 0.2) is 0 Å². The number of benzene rings is 1. The van der Waals surface area contributed by atoms with E-state index in [0.717, 1.165) is 10.8 Å². The number of nitrogens with zero attached hydrogens (tertiary/aromatic N) is 1. The molecule has 1 unspecified atom stereocenters. The third-order valence-corrected chi connectivity index (χ3v) is 4.03. The molecule has 6 heteroatoms. The summed E-state index contributed by atoms with van der Waals surface area (Å²) in [6.45, 7) is 7.80. The molecule has 23 heavy (non-hydrogen) atoms.